The van der Waals surface area contributed by atoms with Crippen LogP contribution in [0.25, 0.3) is 0 Å². The number of anilines is 1. The quantitative estimate of drug-likeness (QED) is 0.364. The molecule has 0 spiro atoms. The maximum Gasteiger partial charge on any atom is 0.257 e. The fourth-order valence-electron chi connectivity index (χ4n) is 3.47. The number of nitrogens with zero attached hydrogens (tertiary/aromatic N) is 3. The van der Waals surface area contributed by atoms with Gasteiger partial charge in [0.15, 0.2) is 0 Å². The van der Waals surface area contributed by atoms with E-state index in [0.717, 1.165) is 35.6 Å². The van der Waals surface area contributed by atoms with Crippen LogP contribution in [0.5, 0.6) is 0 Å². The van der Waals surface area contributed by atoms with E-state index in [-0.39, 0.29) is 5.91 Å². The van der Waals surface area contributed by atoms with E-state index in [1.807, 2.05) is 30.7 Å². The zero-order chi connectivity index (χ0) is 23.3. The summed E-state index contributed by atoms with van der Waals surface area (Å²) in [5, 5.41) is 11.9. The lowest BCUT2D eigenvalue weighted by Gasteiger charge is -2.14. The van der Waals surface area contributed by atoms with Crippen LogP contribution in [0.2, 0.25) is 10.0 Å². The van der Waals surface area contributed by atoms with Crippen molar-refractivity contribution in [1.29, 1.82) is 0 Å². The van der Waals surface area contributed by atoms with Crippen molar-refractivity contribution >= 4 is 40.8 Å². The third kappa shape index (κ3) is 5.90. The molecule has 1 amide bonds. The summed E-state index contributed by atoms with van der Waals surface area (Å²) < 4.78 is 1.99. The molecule has 168 valence electrons. The Morgan fingerprint density at radius 2 is 1.75 bits per heavy atom. The van der Waals surface area contributed by atoms with Crippen LogP contribution in [-0.4, -0.2) is 28.2 Å². The average Bonchev–Trinajstić information content (AvgIpc) is 3.03. The van der Waals surface area contributed by atoms with Crippen LogP contribution in [0.4, 0.5) is 5.69 Å². The molecule has 8 heteroatoms. The highest BCUT2D eigenvalue weighted by atomic mass is 35.5. The van der Waals surface area contributed by atoms with Crippen molar-refractivity contribution in [3.8, 4) is 0 Å². The van der Waals surface area contributed by atoms with Gasteiger partial charge in [0.05, 0.1) is 5.69 Å². The number of guanidine groups is 1. The van der Waals surface area contributed by atoms with Crippen LogP contribution in [0, 0.1) is 20.8 Å². The molecule has 1 aromatic heterocycles. The van der Waals surface area contributed by atoms with Crippen LogP contribution in [0.1, 0.15) is 39.8 Å². The smallest absolute Gasteiger partial charge is 0.257 e. The molecule has 3 rings (SSSR count). The Balaban J connectivity index is 1.81. The highest BCUT2D eigenvalue weighted by Gasteiger charge is 2.13. The van der Waals surface area contributed by atoms with Gasteiger partial charge in [-0.15, -0.1) is 0 Å². The Morgan fingerprint density at radius 3 is 2.38 bits per heavy atom. The molecule has 3 aromatic rings. The number of aliphatic imine (C=N–C) groups is 1. The fraction of sp³-hybridized carbons (Fsp3) is 0.292. The van der Waals surface area contributed by atoms with Gasteiger partial charge < -0.3 is 5.32 Å². The van der Waals surface area contributed by atoms with Crippen LogP contribution >= 0.6 is 23.2 Å². The third-order valence-electron chi connectivity index (χ3n) is 5.24. The molecule has 0 saturated heterocycles. The van der Waals surface area contributed by atoms with Crippen molar-refractivity contribution in [3.63, 3.8) is 0 Å². The van der Waals surface area contributed by atoms with Crippen LogP contribution in [0.15, 0.2) is 47.5 Å². The van der Waals surface area contributed by atoms with E-state index in [1.165, 1.54) is 5.56 Å². The van der Waals surface area contributed by atoms with Gasteiger partial charge in [0.1, 0.15) is 0 Å². The second-order valence-corrected chi connectivity index (χ2v) is 8.36. The highest BCUT2D eigenvalue weighted by molar-refractivity contribution is 6.31. The van der Waals surface area contributed by atoms with E-state index in [1.54, 1.807) is 30.3 Å². The van der Waals surface area contributed by atoms with Crippen molar-refractivity contribution in [2.24, 2.45) is 4.99 Å². The predicted molar refractivity (Wildman–Crippen MR) is 132 cm³/mol. The van der Waals surface area contributed by atoms with Crippen molar-refractivity contribution < 1.29 is 4.79 Å². The molecule has 6 nitrogen and oxygen atoms in total. The summed E-state index contributed by atoms with van der Waals surface area (Å²) in [6, 6.07) is 12.2. The third-order valence-corrected chi connectivity index (χ3v) is 5.73. The number of carbonyl (C=O) groups excluding carboxylic acids is 1. The van der Waals surface area contributed by atoms with E-state index in [0.29, 0.717) is 28.1 Å². The molecule has 2 N–H and O–H groups in total. The molecule has 0 atom stereocenters. The number of amides is 1. The number of hydrogen-bond donors (Lipinski definition) is 2. The molecule has 0 unspecified atom stereocenters. The molecule has 0 radical (unpaired) electrons. The zero-order valence-electron chi connectivity index (χ0n) is 18.7. The van der Waals surface area contributed by atoms with Gasteiger partial charge in [-0.1, -0.05) is 23.2 Å². The van der Waals surface area contributed by atoms with Gasteiger partial charge in [-0.2, -0.15) is 5.10 Å². The van der Waals surface area contributed by atoms with Gasteiger partial charge in [0, 0.05) is 40.1 Å². The molecule has 0 bridgehead atoms. The monoisotopic (exact) mass is 471 g/mol. The molecule has 0 saturated carbocycles. The lowest BCUT2D eigenvalue weighted by molar-refractivity contribution is 0.0977. The van der Waals surface area contributed by atoms with E-state index < -0.39 is 0 Å². The average molecular weight is 472 g/mol. The Hall–Kier alpha value is -2.83. The number of carbonyl (C=O) groups is 1. The summed E-state index contributed by atoms with van der Waals surface area (Å²) in [6.45, 7) is 9.42. The largest absolute Gasteiger partial charge is 0.326 e. The minimum absolute atomic E-state index is 0.273. The highest BCUT2D eigenvalue weighted by Crippen LogP contribution is 2.20. The van der Waals surface area contributed by atoms with Gasteiger partial charge in [-0.3, -0.25) is 19.8 Å². The number of hydrogen-bond acceptors (Lipinski definition) is 3. The number of nitrogens with one attached hydrogen (secondary N) is 2. The zero-order valence-corrected chi connectivity index (χ0v) is 20.2. The molecule has 32 heavy (non-hydrogen) atoms. The van der Waals surface area contributed by atoms with E-state index in [4.69, 9.17) is 23.2 Å². The molecule has 0 aliphatic rings. The summed E-state index contributed by atoms with van der Waals surface area (Å²) in [6.07, 6.45) is 0.721. The Bertz CT molecular complexity index is 1140. The summed E-state index contributed by atoms with van der Waals surface area (Å²) in [5.41, 5.74) is 5.59. The predicted octanol–water partition coefficient (Wildman–Crippen LogP) is 5.58. The summed E-state index contributed by atoms with van der Waals surface area (Å²) in [5.74, 6) is 0.0965. The van der Waals surface area contributed by atoms with Crippen molar-refractivity contribution in [3.05, 3.63) is 80.6 Å². The second kappa shape index (κ2) is 10.7. The van der Waals surface area contributed by atoms with Gasteiger partial charge in [-0.05, 0) is 87.7 Å². The van der Waals surface area contributed by atoms with E-state index in [2.05, 4.69) is 34.6 Å². The molecule has 1 heterocycles. The molecular weight excluding hydrogens is 445 g/mol. The van der Waals surface area contributed by atoms with Gasteiger partial charge in [-0.25, -0.2) is 0 Å². The van der Waals surface area contributed by atoms with Gasteiger partial charge in [0.2, 0.25) is 5.96 Å². The normalized spacial score (nSPS) is 11.5. The SMILES string of the molecule is CCn1nc(C)c(CCN=C(NC(=O)c2ccc(Cl)cc2)Nc2ccc(Cl)cc2C)c1C. The second-order valence-electron chi connectivity index (χ2n) is 7.49. The first-order valence-corrected chi connectivity index (χ1v) is 11.2. The van der Waals surface area contributed by atoms with E-state index in [9.17, 15) is 4.79 Å². The fourth-order valence-corrected chi connectivity index (χ4v) is 3.82. The first kappa shape index (κ1) is 23.8. The molecular formula is C24H27Cl2N5O. The van der Waals surface area contributed by atoms with Crippen LogP contribution in [0.3, 0.4) is 0 Å². The van der Waals surface area contributed by atoms with Crippen LogP contribution < -0.4 is 10.6 Å². The summed E-state index contributed by atoms with van der Waals surface area (Å²) in [7, 11) is 0. The first-order chi connectivity index (χ1) is 15.3. The van der Waals surface area contributed by atoms with Crippen molar-refractivity contribution in [2.45, 2.75) is 40.7 Å². The minimum Gasteiger partial charge on any atom is -0.326 e. The first-order valence-electron chi connectivity index (χ1n) is 10.5. The minimum atomic E-state index is -0.273. The van der Waals surface area contributed by atoms with E-state index >= 15 is 0 Å². The number of aromatic nitrogens is 2. The molecule has 0 fully saturated rings. The van der Waals surface area contributed by atoms with Gasteiger partial charge >= 0.3 is 0 Å². The maximum absolute atomic E-state index is 12.8. The molecule has 0 aliphatic heterocycles. The van der Waals surface area contributed by atoms with Crippen LogP contribution in [-0.2, 0) is 13.0 Å². The summed E-state index contributed by atoms with van der Waals surface area (Å²) >= 11 is 12.0. The standard InChI is InChI=1S/C24H27Cl2N5O/c1-5-31-17(4)21(16(3)30-31)12-13-27-24(28-22-11-10-20(26)14-15(22)2)29-23(32)18-6-8-19(25)9-7-18/h6-11,14H,5,12-13H2,1-4H3,(H2,27,28,29,32). The number of rotatable bonds is 6. The number of aryl methyl sites for hydroxylation is 3. The Morgan fingerprint density at radius 1 is 1.06 bits per heavy atom. The lowest BCUT2D eigenvalue weighted by Crippen LogP contribution is -2.36. The number of halogens is 2. The van der Waals surface area contributed by atoms with Crippen molar-refractivity contribution in [2.75, 3.05) is 11.9 Å². The maximum atomic E-state index is 12.8. The topological polar surface area (TPSA) is 71.3 Å². The van der Waals surface area contributed by atoms with Crippen molar-refractivity contribution in [1.82, 2.24) is 15.1 Å². The lowest BCUT2D eigenvalue weighted by atomic mass is 10.1. The Kier molecular flexibility index (Phi) is 7.94. The number of benzene rings is 2. The van der Waals surface area contributed by atoms with Gasteiger partial charge in [0.25, 0.3) is 5.91 Å². The Labute approximate surface area is 198 Å². The molecule has 0 aliphatic carbocycles. The molecule has 2 aromatic carbocycles. The summed E-state index contributed by atoms with van der Waals surface area (Å²) in [4.78, 5) is 17.4.